The van der Waals surface area contributed by atoms with Crippen molar-refractivity contribution in [2.45, 2.75) is 341 Å². The third kappa shape index (κ3) is 57.0. The van der Waals surface area contributed by atoms with E-state index in [1.54, 1.807) is 6.08 Å². The minimum atomic E-state index is -0.865. The second-order valence-corrected chi connectivity index (χ2v) is 21.4. The van der Waals surface area contributed by atoms with Crippen LogP contribution >= 0.6 is 0 Å². The van der Waals surface area contributed by atoms with Gasteiger partial charge in [0.05, 0.1) is 25.4 Å². The number of aliphatic hydroxyl groups excluding tert-OH is 2. The van der Waals surface area contributed by atoms with E-state index >= 15 is 0 Å². The van der Waals surface area contributed by atoms with E-state index in [0.29, 0.717) is 19.4 Å². The number of hydrogen-bond acceptors (Lipinski definition) is 5. The molecule has 0 aromatic carbocycles. The highest BCUT2D eigenvalue weighted by Crippen LogP contribution is 2.17. The molecule has 0 spiro atoms. The molecule has 0 fully saturated rings. The van der Waals surface area contributed by atoms with Crippen molar-refractivity contribution in [3.05, 3.63) is 48.6 Å². The van der Waals surface area contributed by atoms with Crippen molar-refractivity contribution in [3.8, 4) is 0 Å². The topological polar surface area (TPSA) is 95.9 Å². The predicted molar refractivity (Wildman–Crippen MR) is 310 cm³/mol. The van der Waals surface area contributed by atoms with Gasteiger partial charge in [-0.15, -0.1) is 0 Å². The highest BCUT2D eigenvalue weighted by molar-refractivity contribution is 5.76. The minimum absolute atomic E-state index is 0.0273. The largest absolute Gasteiger partial charge is 0.466 e. The molecule has 0 aliphatic rings. The van der Waals surface area contributed by atoms with Gasteiger partial charge in [0.15, 0.2) is 0 Å². The average Bonchev–Trinajstić information content (AvgIpc) is 3.37. The molecule has 0 aromatic rings. The number of hydrogen-bond donors (Lipinski definition) is 3. The standard InChI is InChI=1S/C65H121NO5/c1-3-5-7-9-11-13-15-17-19-21-22-23-24-25-26-27-28-29-30-33-37-41-45-49-53-57-63(68)62(61-67)66-64(69)58-54-50-46-42-38-34-32-36-40-44-48-52-56-60-71-65(70)59-55-51-47-43-39-35-31-20-18-16-14-12-10-8-6-4-2/h14,16,20,31,34,38,53,57,62-63,67-68H,3-13,15,17-19,21-30,32-33,35-37,39-52,54-56,58-61H2,1-2H3,(H,66,69)/b16-14-,31-20-,38-34-,57-53+. The van der Waals surface area contributed by atoms with Crippen LogP contribution < -0.4 is 5.32 Å². The van der Waals surface area contributed by atoms with Gasteiger partial charge in [0.1, 0.15) is 0 Å². The molecule has 0 radical (unpaired) electrons. The minimum Gasteiger partial charge on any atom is -0.466 e. The first kappa shape index (κ1) is 68.8. The fraction of sp³-hybridized carbons (Fsp3) is 0.846. The highest BCUT2D eigenvalue weighted by Gasteiger charge is 2.18. The first-order chi connectivity index (χ1) is 35.0. The molecule has 3 N–H and O–H groups in total. The predicted octanol–water partition coefficient (Wildman–Crippen LogP) is 19.7. The molecule has 1 amide bonds. The summed E-state index contributed by atoms with van der Waals surface area (Å²) in [6, 6.07) is -0.651. The van der Waals surface area contributed by atoms with Crippen molar-refractivity contribution in [1.29, 1.82) is 0 Å². The van der Waals surface area contributed by atoms with Gasteiger partial charge >= 0.3 is 5.97 Å². The van der Waals surface area contributed by atoms with Crippen molar-refractivity contribution in [2.24, 2.45) is 0 Å². The van der Waals surface area contributed by atoms with Crippen LogP contribution in [0.4, 0.5) is 0 Å². The van der Waals surface area contributed by atoms with Gasteiger partial charge in [-0.25, -0.2) is 0 Å². The van der Waals surface area contributed by atoms with Crippen LogP contribution in [-0.4, -0.2) is 47.4 Å². The molecule has 71 heavy (non-hydrogen) atoms. The van der Waals surface area contributed by atoms with Gasteiger partial charge in [0.25, 0.3) is 0 Å². The Balaban J connectivity index is 3.52. The summed E-state index contributed by atoms with van der Waals surface area (Å²) in [6.45, 7) is 4.85. The van der Waals surface area contributed by atoms with Gasteiger partial charge < -0.3 is 20.3 Å². The van der Waals surface area contributed by atoms with Crippen LogP contribution in [0.1, 0.15) is 328 Å². The zero-order chi connectivity index (χ0) is 51.4. The van der Waals surface area contributed by atoms with Crippen LogP contribution in [0.15, 0.2) is 48.6 Å². The zero-order valence-corrected chi connectivity index (χ0v) is 47.5. The molecule has 0 aromatic heterocycles. The molecule has 6 nitrogen and oxygen atoms in total. The van der Waals surface area contributed by atoms with Crippen molar-refractivity contribution < 1.29 is 24.5 Å². The van der Waals surface area contributed by atoms with E-state index in [1.807, 2.05) is 6.08 Å². The van der Waals surface area contributed by atoms with Crippen LogP contribution in [-0.2, 0) is 14.3 Å². The summed E-state index contributed by atoms with van der Waals surface area (Å²) in [5, 5.41) is 23.2. The first-order valence-corrected chi connectivity index (χ1v) is 31.4. The Morgan fingerprint density at radius 3 is 1.11 bits per heavy atom. The van der Waals surface area contributed by atoms with E-state index in [2.05, 4.69) is 55.6 Å². The Morgan fingerprint density at radius 2 is 0.704 bits per heavy atom. The number of allylic oxidation sites excluding steroid dienone is 7. The summed E-state index contributed by atoms with van der Waals surface area (Å²) in [7, 11) is 0. The Bertz CT molecular complexity index is 1190. The van der Waals surface area contributed by atoms with Crippen LogP contribution in [0, 0.1) is 0 Å². The number of carbonyl (C=O) groups excluding carboxylic acids is 2. The lowest BCUT2D eigenvalue weighted by molar-refractivity contribution is -0.143. The highest BCUT2D eigenvalue weighted by atomic mass is 16.5. The van der Waals surface area contributed by atoms with Crippen LogP contribution in [0.25, 0.3) is 0 Å². The summed E-state index contributed by atoms with van der Waals surface area (Å²) in [5.74, 6) is -0.124. The number of nitrogens with one attached hydrogen (secondary N) is 1. The number of amides is 1. The molecule has 0 heterocycles. The summed E-state index contributed by atoms with van der Waals surface area (Å²) >= 11 is 0. The second-order valence-electron chi connectivity index (χ2n) is 21.4. The molecule has 0 aliphatic heterocycles. The van der Waals surface area contributed by atoms with Gasteiger partial charge in [0, 0.05) is 12.8 Å². The molecule has 2 atom stereocenters. The quantitative estimate of drug-likeness (QED) is 0.0321. The third-order valence-corrected chi connectivity index (χ3v) is 14.3. The molecule has 6 heteroatoms. The lowest BCUT2D eigenvalue weighted by Gasteiger charge is -2.19. The van der Waals surface area contributed by atoms with E-state index < -0.39 is 12.1 Å². The maximum atomic E-state index is 12.5. The Hall–Kier alpha value is -2.18. The number of unbranched alkanes of at least 4 members (excludes halogenated alkanes) is 41. The maximum absolute atomic E-state index is 12.5. The summed E-state index contributed by atoms with van der Waals surface area (Å²) in [4.78, 5) is 24.6. The number of esters is 1. The van der Waals surface area contributed by atoms with Crippen LogP contribution in [0.5, 0.6) is 0 Å². The van der Waals surface area contributed by atoms with Gasteiger partial charge in [-0.3, -0.25) is 9.59 Å². The Labute approximate surface area is 442 Å². The van der Waals surface area contributed by atoms with Gasteiger partial charge in [0.2, 0.25) is 5.91 Å². The first-order valence-electron chi connectivity index (χ1n) is 31.4. The maximum Gasteiger partial charge on any atom is 0.305 e. The van der Waals surface area contributed by atoms with Gasteiger partial charge in [-0.1, -0.05) is 274 Å². The fourth-order valence-electron chi connectivity index (χ4n) is 9.48. The molecular weight excluding hydrogens is 875 g/mol. The SMILES string of the molecule is CCCCCC/C=C\C/C=C\CCCCCCCC(=O)OCCCCCCCC/C=C\CCCCCC(=O)NC(CO)C(O)/C=C/CCCCCCCCCCCCCCCCCCCCCCCCC. The number of aliphatic hydroxyl groups is 2. The smallest absolute Gasteiger partial charge is 0.305 e. The Morgan fingerprint density at radius 1 is 0.394 bits per heavy atom. The second kappa shape index (κ2) is 60.4. The molecular formula is C65H121NO5. The van der Waals surface area contributed by atoms with E-state index in [4.69, 9.17) is 4.74 Å². The molecule has 0 bridgehead atoms. The molecule has 0 saturated heterocycles. The number of rotatable bonds is 58. The monoisotopic (exact) mass is 996 g/mol. The lowest BCUT2D eigenvalue weighted by Crippen LogP contribution is -2.45. The number of ether oxygens (including phenoxy) is 1. The molecule has 2 unspecified atom stereocenters. The third-order valence-electron chi connectivity index (χ3n) is 14.3. The summed E-state index contributed by atoms with van der Waals surface area (Å²) < 4.78 is 5.46. The molecule has 0 saturated carbocycles. The normalized spacial score (nSPS) is 12.9. The van der Waals surface area contributed by atoms with E-state index in [1.165, 1.54) is 218 Å². The van der Waals surface area contributed by atoms with Gasteiger partial charge in [-0.05, 0) is 89.9 Å². The van der Waals surface area contributed by atoms with E-state index in [-0.39, 0.29) is 18.5 Å². The van der Waals surface area contributed by atoms with Crippen molar-refractivity contribution in [1.82, 2.24) is 5.32 Å². The zero-order valence-electron chi connectivity index (χ0n) is 47.5. The average molecular weight is 997 g/mol. The summed E-state index contributed by atoms with van der Waals surface area (Å²) in [6.07, 6.45) is 77.2. The van der Waals surface area contributed by atoms with Crippen molar-refractivity contribution in [2.75, 3.05) is 13.2 Å². The summed E-state index contributed by atoms with van der Waals surface area (Å²) in [5.41, 5.74) is 0. The lowest BCUT2D eigenvalue weighted by atomic mass is 10.0. The fourth-order valence-corrected chi connectivity index (χ4v) is 9.48. The number of carbonyl (C=O) groups is 2. The van der Waals surface area contributed by atoms with Crippen molar-refractivity contribution >= 4 is 11.9 Å². The van der Waals surface area contributed by atoms with E-state index in [0.717, 1.165) is 83.5 Å². The van der Waals surface area contributed by atoms with Crippen LogP contribution in [0.3, 0.4) is 0 Å². The molecule has 0 aliphatic carbocycles. The van der Waals surface area contributed by atoms with E-state index in [9.17, 15) is 19.8 Å². The Kier molecular flexibility index (Phi) is 58.5. The molecule has 0 rings (SSSR count). The van der Waals surface area contributed by atoms with Gasteiger partial charge in [-0.2, -0.15) is 0 Å². The molecule has 416 valence electrons. The van der Waals surface area contributed by atoms with Crippen LogP contribution in [0.2, 0.25) is 0 Å². The van der Waals surface area contributed by atoms with Crippen molar-refractivity contribution in [3.63, 3.8) is 0 Å².